The smallest absolute Gasteiger partial charge is 0.293 e. The zero-order valence-corrected chi connectivity index (χ0v) is 21.8. The van der Waals surface area contributed by atoms with E-state index in [-0.39, 0.29) is 40.7 Å². The van der Waals surface area contributed by atoms with Gasteiger partial charge in [0.1, 0.15) is 17.8 Å². The molecule has 1 aromatic carbocycles. The van der Waals surface area contributed by atoms with Crippen molar-refractivity contribution in [2.45, 2.75) is 20.0 Å². The number of aryl methyl sites for hydroxylation is 1. The summed E-state index contributed by atoms with van der Waals surface area (Å²) in [7, 11) is 3.11. The minimum absolute atomic E-state index is 0.0510. The fraction of sp³-hybridized carbons (Fsp3) is 0.385. The first-order valence-corrected chi connectivity index (χ1v) is 12.2. The molecule has 194 valence electrons. The lowest BCUT2D eigenvalue weighted by Gasteiger charge is -2.39. The van der Waals surface area contributed by atoms with Crippen LogP contribution in [-0.4, -0.2) is 48.4 Å². The Bertz CT molecular complexity index is 1440. The standard InChI is InChI=1S/C26H28ClFN6O3/c1-14-11-34(12-15(2)23(14)28)25-19(29-3)10-18(27)24(32-25)31-17-6-7-20-16(8-17)9-21(26(36)33(20)5)37-13-22(35)30-4/h6-10,14-15,23H,11-13H2,1-2,4-5H3,(H,30,35)(H,31,32)/t14-,15+,23?. The van der Waals surface area contributed by atoms with Gasteiger partial charge in [0.05, 0.1) is 17.1 Å². The molecule has 9 nitrogen and oxygen atoms in total. The van der Waals surface area contributed by atoms with Gasteiger partial charge in [0.2, 0.25) is 5.69 Å². The number of nitrogens with zero attached hydrogens (tertiary/aromatic N) is 4. The van der Waals surface area contributed by atoms with Crippen LogP contribution in [0.5, 0.6) is 5.75 Å². The number of alkyl halides is 1. The number of fused-ring (bicyclic) bond motifs is 1. The molecule has 3 atom stereocenters. The van der Waals surface area contributed by atoms with Gasteiger partial charge in [0, 0.05) is 50.1 Å². The molecule has 1 saturated heterocycles. The number of hydrogen-bond donors (Lipinski definition) is 2. The van der Waals surface area contributed by atoms with E-state index in [1.807, 2.05) is 18.7 Å². The van der Waals surface area contributed by atoms with Gasteiger partial charge in [-0.1, -0.05) is 25.4 Å². The SMILES string of the molecule is [C-]#[N+]c1cc(Cl)c(Nc2ccc3c(c2)cc(OCC(=O)NC)c(=O)n3C)nc1N1C[C@@H](C)C(F)[C@@H](C)C1. The number of piperidine rings is 1. The van der Waals surface area contributed by atoms with Crippen molar-refractivity contribution in [2.75, 3.05) is 37.0 Å². The number of carbonyl (C=O) groups excluding carboxylic acids is 1. The van der Waals surface area contributed by atoms with Crippen molar-refractivity contribution >= 4 is 51.4 Å². The number of rotatable bonds is 6. The van der Waals surface area contributed by atoms with Gasteiger partial charge in [0.25, 0.3) is 11.5 Å². The third kappa shape index (κ3) is 5.32. The Kier molecular flexibility index (Phi) is 7.55. The molecule has 2 aromatic heterocycles. The first kappa shape index (κ1) is 26.2. The summed E-state index contributed by atoms with van der Waals surface area (Å²) in [6, 6.07) is 8.51. The molecule has 0 spiro atoms. The lowest BCUT2D eigenvalue weighted by molar-refractivity contribution is -0.122. The second-order valence-corrected chi connectivity index (χ2v) is 9.72. The average molecular weight is 527 g/mol. The van der Waals surface area contributed by atoms with Gasteiger partial charge in [-0.3, -0.25) is 9.59 Å². The number of anilines is 3. The van der Waals surface area contributed by atoms with E-state index in [0.717, 1.165) is 0 Å². The van der Waals surface area contributed by atoms with Crippen LogP contribution in [0.2, 0.25) is 5.02 Å². The molecular formula is C26H28ClFN6O3. The Labute approximate surface area is 219 Å². The van der Waals surface area contributed by atoms with Crippen LogP contribution in [0.15, 0.2) is 35.1 Å². The number of likely N-dealkylation sites (N-methyl/N-ethyl adjacent to an activating group) is 1. The number of carbonyl (C=O) groups is 1. The van der Waals surface area contributed by atoms with Crippen LogP contribution in [0.3, 0.4) is 0 Å². The fourth-order valence-electron chi connectivity index (χ4n) is 4.56. The zero-order valence-electron chi connectivity index (χ0n) is 21.0. The molecule has 2 N–H and O–H groups in total. The zero-order chi connectivity index (χ0) is 26.9. The predicted octanol–water partition coefficient (Wildman–Crippen LogP) is 4.44. The van der Waals surface area contributed by atoms with Crippen molar-refractivity contribution in [2.24, 2.45) is 18.9 Å². The molecule has 0 radical (unpaired) electrons. The molecule has 0 saturated carbocycles. The van der Waals surface area contributed by atoms with Crippen molar-refractivity contribution in [3.8, 4) is 5.75 Å². The highest BCUT2D eigenvalue weighted by molar-refractivity contribution is 6.33. The largest absolute Gasteiger partial charge is 0.478 e. The van der Waals surface area contributed by atoms with Crippen molar-refractivity contribution in [3.05, 3.63) is 57.1 Å². The normalized spacial score (nSPS) is 19.4. The summed E-state index contributed by atoms with van der Waals surface area (Å²) in [6.45, 7) is 11.9. The van der Waals surface area contributed by atoms with Crippen LogP contribution in [0.4, 0.5) is 27.4 Å². The summed E-state index contributed by atoms with van der Waals surface area (Å²) in [6.07, 6.45) is -0.906. The lowest BCUT2D eigenvalue weighted by Crippen LogP contribution is -2.46. The third-order valence-corrected chi connectivity index (χ3v) is 6.84. The molecule has 3 aromatic rings. The van der Waals surface area contributed by atoms with Gasteiger partial charge < -0.3 is 24.8 Å². The Morgan fingerprint density at radius 2 is 1.97 bits per heavy atom. The maximum Gasteiger partial charge on any atom is 0.293 e. The van der Waals surface area contributed by atoms with E-state index < -0.39 is 6.17 Å². The molecule has 37 heavy (non-hydrogen) atoms. The number of hydrogen-bond acceptors (Lipinski definition) is 6. The van der Waals surface area contributed by atoms with Crippen LogP contribution in [-0.2, 0) is 11.8 Å². The third-order valence-electron chi connectivity index (χ3n) is 6.55. The van der Waals surface area contributed by atoms with E-state index in [4.69, 9.17) is 22.9 Å². The Morgan fingerprint density at radius 1 is 1.27 bits per heavy atom. The molecular weight excluding hydrogens is 499 g/mol. The number of amides is 1. The van der Waals surface area contributed by atoms with Crippen LogP contribution < -0.4 is 25.8 Å². The molecule has 4 rings (SSSR count). The second kappa shape index (κ2) is 10.6. The van der Waals surface area contributed by atoms with E-state index in [0.29, 0.717) is 47.0 Å². The van der Waals surface area contributed by atoms with E-state index in [1.54, 1.807) is 37.4 Å². The van der Waals surface area contributed by atoms with E-state index in [2.05, 4.69) is 20.5 Å². The minimum Gasteiger partial charge on any atom is -0.478 e. The molecule has 11 heteroatoms. The Hall–Kier alpha value is -3.84. The van der Waals surface area contributed by atoms with Crippen molar-refractivity contribution in [1.82, 2.24) is 14.9 Å². The van der Waals surface area contributed by atoms with E-state index >= 15 is 0 Å². The summed E-state index contributed by atoms with van der Waals surface area (Å²) >= 11 is 6.47. The Balaban J connectivity index is 1.68. The van der Waals surface area contributed by atoms with E-state index in [9.17, 15) is 14.0 Å². The van der Waals surface area contributed by atoms with Crippen LogP contribution >= 0.6 is 11.6 Å². The highest BCUT2D eigenvalue weighted by Gasteiger charge is 2.33. The predicted molar refractivity (Wildman–Crippen MR) is 143 cm³/mol. The minimum atomic E-state index is -0.906. The molecule has 1 unspecified atom stereocenters. The highest BCUT2D eigenvalue weighted by atomic mass is 35.5. The first-order valence-electron chi connectivity index (χ1n) is 11.8. The number of halogens is 2. The summed E-state index contributed by atoms with van der Waals surface area (Å²) in [5.74, 6) is 0.130. The molecule has 0 aliphatic carbocycles. The summed E-state index contributed by atoms with van der Waals surface area (Å²) < 4.78 is 21.3. The van der Waals surface area contributed by atoms with Crippen LogP contribution in [0.1, 0.15) is 13.8 Å². The van der Waals surface area contributed by atoms with Gasteiger partial charge in [-0.2, -0.15) is 0 Å². The average Bonchev–Trinajstić information content (AvgIpc) is 2.88. The maximum atomic E-state index is 14.4. The highest BCUT2D eigenvalue weighted by Crippen LogP contribution is 2.38. The fourth-order valence-corrected chi connectivity index (χ4v) is 4.76. The number of nitrogens with one attached hydrogen (secondary N) is 2. The molecule has 0 bridgehead atoms. The quantitative estimate of drug-likeness (QED) is 0.461. The number of pyridine rings is 2. The molecule has 1 fully saturated rings. The topological polar surface area (TPSA) is 92.8 Å². The monoisotopic (exact) mass is 526 g/mol. The van der Waals surface area contributed by atoms with Gasteiger partial charge in [-0.25, -0.2) is 14.2 Å². The number of ether oxygens (including phenoxy) is 1. The maximum absolute atomic E-state index is 14.4. The summed E-state index contributed by atoms with van der Waals surface area (Å²) in [5, 5.41) is 6.61. The number of benzene rings is 1. The number of aromatic nitrogens is 2. The second-order valence-electron chi connectivity index (χ2n) is 9.31. The molecule has 1 aliphatic rings. The summed E-state index contributed by atoms with van der Waals surface area (Å²) in [4.78, 5) is 34.4. The summed E-state index contributed by atoms with van der Waals surface area (Å²) in [5.41, 5.74) is 1.26. The molecule has 1 amide bonds. The van der Waals surface area contributed by atoms with Crippen molar-refractivity contribution in [1.29, 1.82) is 0 Å². The van der Waals surface area contributed by atoms with Gasteiger partial charge in [-0.05, 0) is 30.3 Å². The first-order chi connectivity index (χ1) is 17.6. The van der Waals surface area contributed by atoms with Crippen LogP contribution in [0, 0.1) is 18.4 Å². The van der Waals surface area contributed by atoms with Gasteiger partial charge in [0.15, 0.2) is 12.4 Å². The van der Waals surface area contributed by atoms with E-state index in [1.165, 1.54) is 11.6 Å². The van der Waals surface area contributed by atoms with Gasteiger partial charge >= 0.3 is 0 Å². The van der Waals surface area contributed by atoms with Gasteiger partial charge in [-0.15, -0.1) is 0 Å². The van der Waals surface area contributed by atoms with Crippen molar-refractivity contribution < 1.29 is 13.9 Å². The molecule has 3 heterocycles. The van der Waals surface area contributed by atoms with Crippen molar-refractivity contribution in [3.63, 3.8) is 0 Å². The Morgan fingerprint density at radius 3 is 2.62 bits per heavy atom. The lowest BCUT2D eigenvalue weighted by atomic mass is 9.89. The molecule has 1 aliphatic heterocycles. The van der Waals surface area contributed by atoms with Crippen LogP contribution in [0.25, 0.3) is 15.7 Å².